The van der Waals surface area contributed by atoms with Crippen LogP contribution >= 0.6 is 0 Å². The highest BCUT2D eigenvalue weighted by molar-refractivity contribution is 5.92. The number of nitrogens with zero attached hydrogens (tertiary/aromatic N) is 2. The zero-order valence-corrected chi connectivity index (χ0v) is 18.2. The van der Waals surface area contributed by atoms with Crippen molar-refractivity contribution in [3.63, 3.8) is 0 Å². The smallest absolute Gasteiger partial charge is 0.289 e. The van der Waals surface area contributed by atoms with E-state index in [1.54, 1.807) is 21.9 Å². The van der Waals surface area contributed by atoms with E-state index in [2.05, 4.69) is 29.3 Å². The first-order valence-corrected chi connectivity index (χ1v) is 11.3. The molecule has 1 aromatic heterocycles. The predicted octanol–water partition coefficient (Wildman–Crippen LogP) is -1.02. The lowest BCUT2D eigenvalue weighted by Crippen LogP contribution is -3.15. The number of amides is 2. The maximum atomic E-state index is 12.5. The topological polar surface area (TPSA) is 74.7 Å². The van der Waals surface area contributed by atoms with Crippen LogP contribution in [0, 0.1) is 0 Å². The van der Waals surface area contributed by atoms with Crippen LogP contribution in [0.4, 0.5) is 11.4 Å². The summed E-state index contributed by atoms with van der Waals surface area (Å²) in [5, 5.41) is 3.01. The summed E-state index contributed by atoms with van der Waals surface area (Å²) < 4.78 is 5.20. The third-order valence-electron chi connectivity index (χ3n) is 6.39. The van der Waals surface area contributed by atoms with Crippen LogP contribution < -0.4 is 20.0 Å². The summed E-state index contributed by atoms with van der Waals surface area (Å²) in [6, 6.07) is 11.6. The van der Waals surface area contributed by atoms with Gasteiger partial charge < -0.3 is 29.3 Å². The number of benzene rings is 1. The van der Waals surface area contributed by atoms with E-state index >= 15 is 0 Å². The number of furan rings is 1. The third-order valence-corrected chi connectivity index (χ3v) is 6.39. The Kier molecular flexibility index (Phi) is 6.89. The lowest BCUT2D eigenvalue weighted by molar-refractivity contribution is -0.898. The number of anilines is 2. The van der Waals surface area contributed by atoms with Gasteiger partial charge in [0.05, 0.1) is 65.2 Å². The van der Waals surface area contributed by atoms with Crippen LogP contribution in [0.5, 0.6) is 0 Å². The molecule has 2 fully saturated rings. The normalized spacial score (nSPS) is 18.2. The van der Waals surface area contributed by atoms with Gasteiger partial charge in [-0.1, -0.05) is 0 Å². The monoisotopic (exact) mass is 427 g/mol. The van der Waals surface area contributed by atoms with Crippen molar-refractivity contribution < 1.29 is 23.8 Å². The van der Waals surface area contributed by atoms with E-state index < -0.39 is 0 Å². The Morgan fingerprint density at radius 1 is 0.968 bits per heavy atom. The molecule has 31 heavy (non-hydrogen) atoms. The average Bonchev–Trinajstić information content (AvgIpc) is 3.35. The minimum absolute atomic E-state index is 0.00808. The zero-order chi connectivity index (χ0) is 21.6. The van der Waals surface area contributed by atoms with E-state index in [-0.39, 0.29) is 11.8 Å². The van der Waals surface area contributed by atoms with E-state index in [0.29, 0.717) is 25.4 Å². The number of hydrogen-bond acceptors (Lipinski definition) is 4. The standard InChI is InChI=1S/C23H31N5O3/c1-2-25-9-13-27(14-10-25)20-7-5-19(6-8-20)24-22(29)18-26-11-15-28(16-12-26)23(30)21-4-3-17-31-21/h3-8,17H,2,9-16,18H2,1H3,(H,24,29)/p+2. The molecule has 0 spiro atoms. The maximum absolute atomic E-state index is 12.5. The Balaban J connectivity index is 1.21. The number of rotatable bonds is 6. The van der Waals surface area contributed by atoms with Gasteiger partial charge in [-0.3, -0.25) is 9.59 Å². The zero-order valence-electron chi connectivity index (χ0n) is 18.2. The maximum Gasteiger partial charge on any atom is 0.289 e. The lowest BCUT2D eigenvalue weighted by Gasteiger charge is -2.33. The van der Waals surface area contributed by atoms with Crippen molar-refractivity contribution in [2.45, 2.75) is 6.92 Å². The Labute approximate surface area is 183 Å². The van der Waals surface area contributed by atoms with Crippen LogP contribution in [0.1, 0.15) is 17.5 Å². The molecule has 2 amide bonds. The first-order chi connectivity index (χ1) is 15.1. The second-order valence-electron chi connectivity index (χ2n) is 8.38. The number of nitrogens with one attached hydrogen (secondary N) is 3. The van der Waals surface area contributed by atoms with Crippen LogP contribution in [-0.4, -0.2) is 82.2 Å². The predicted molar refractivity (Wildman–Crippen MR) is 119 cm³/mol. The van der Waals surface area contributed by atoms with Gasteiger partial charge in [0.1, 0.15) is 0 Å². The molecule has 0 unspecified atom stereocenters. The Morgan fingerprint density at radius 3 is 2.26 bits per heavy atom. The molecule has 0 bridgehead atoms. The summed E-state index contributed by atoms with van der Waals surface area (Å²) in [7, 11) is 0. The Morgan fingerprint density at radius 2 is 1.65 bits per heavy atom. The van der Waals surface area contributed by atoms with Crippen molar-refractivity contribution in [1.82, 2.24) is 4.90 Å². The first-order valence-electron chi connectivity index (χ1n) is 11.3. The average molecular weight is 428 g/mol. The fraction of sp³-hybridized carbons (Fsp3) is 0.478. The molecule has 3 heterocycles. The van der Waals surface area contributed by atoms with Crippen LogP contribution in [0.15, 0.2) is 47.1 Å². The molecule has 8 nitrogen and oxygen atoms in total. The summed E-state index contributed by atoms with van der Waals surface area (Å²) >= 11 is 0. The Hall–Kier alpha value is -2.84. The fourth-order valence-corrected chi connectivity index (χ4v) is 4.38. The van der Waals surface area contributed by atoms with Crippen molar-refractivity contribution in [2.75, 3.05) is 75.7 Å². The summed E-state index contributed by atoms with van der Waals surface area (Å²) in [5.74, 6) is 0.304. The second kappa shape index (κ2) is 9.98. The van der Waals surface area contributed by atoms with Crippen LogP contribution in [-0.2, 0) is 4.79 Å². The van der Waals surface area contributed by atoms with E-state index in [1.165, 1.54) is 36.5 Å². The van der Waals surface area contributed by atoms with E-state index in [1.807, 2.05) is 12.1 Å². The molecule has 2 aliphatic rings. The number of carbonyl (C=O) groups is 2. The highest BCUT2D eigenvalue weighted by Gasteiger charge is 2.27. The molecule has 8 heteroatoms. The molecular weight excluding hydrogens is 394 g/mol. The molecule has 0 saturated carbocycles. The van der Waals surface area contributed by atoms with Crippen LogP contribution in [0.2, 0.25) is 0 Å². The molecule has 0 atom stereocenters. The highest BCUT2D eigenvalue weighted by Crippen LogP contribution is 2.18. The van der Waals surface area contributed by atoms with Gasteiger partial charge in [0, 0.05) is 11.4 Å². The highest BCUT2D eigenvalue weighted by atomic mass is 16.3. The molecule has 1 aromatic carbocycles. The Bertz CT molecular complexity index is 852. The van der Waals surface area contributed by atoms with Gasteiger partial charge in [0.25, 0.3) is 11.8 Å². The van der Waals surface area contributed by atoms with Gasteiger partial charge in [0.15, 0.2) is 12.3 Å². The van der Waals surface area contributed by atoms with Crippen LogP contribution in [0.25, 0.3) is 0 Å². The van der Waals surface area contributed by atoms with Gasteiger partial charge in [-0.25, -0.2) is 0 Å². The van der Waals surface area contributed by atoms with Gasteiger partial charge in [-0.2, -0.15) is 0 Å². The van der Waals surface area contributed by atoms with E-state index in [0.717, 1.165) is 31.9 Å². The number of carbonyl (C=O) groups excluding carboxylic acids is 2. The summed E-state index contributed by atoms with van der Waals surface area (Å²) in [6.45, 7) is 11.1. The van der Waals surface area contributed by atoms with Gasteiger partial charge in [-0.15, -0.1) is 0 Å². The van der Waals surface area contributed by atoms with Crippen molar-refractivity contribution in [1.29, 1.82) is 0 Å². The number of quaternary nitrogens is 2. The molecule has 0 radical (unpaired) electrons. The summed E-state index contributed by atoms with van der Waals surface area (Å²) in [6.07, 6.45) is 1.51. The molecule has 0 aliphatic carbocycles. The summed E-state index contributed by atoms with van der Waals surface area (Å²) in [4.78, 5) is 31.9. The molecule has 3 N–H and O–H groups in total. The minimum Gasteiger partial charge on any atom is -0.459 e. The van der Waals surface area contributed by atoms with Gasteiger partial charge in [0.2, 0.25) is 0 Å². The number of hydrogen-bond donors (Lipinski definition) is 3. The summed E-state index contributed by atoms with van der Waals surface area (Å²) in [5.41, 5.74) is 2.05. The van der Waals surface area contributed by atoms with E-state index in [9.17, 15) is 9.59 Å². The number of piperazine rings is 2. The minimum atomic E-state index is -0.0777. The van der Waals surface area contributed by atoms with Crippen molar-refractivity contribution >= 4 is 23.2 Å². The van der Waals surface area contributed by atoms with Gasteiger partial charge in [-0.05, 0) is 43.3 Å². The van der Waals surface area contributed by atoms with Gasteiger partial charge >= 0.3 is 0 Å². The molecule has 4 rings (SSSR count). The first kappa shape index (κ1) is 21.4. The molecular formula is C23H33N5O3+2. The van der Waals surface area contributed by atoms with Crippen molar-refractivity contribution in [3.8, 4) is 0 Å². The molecule has 166 valence electrons. The SMILES string of the molecule is CC[NH+]1CCN(c2ccc(NC(=O)C[NH+]3CCN(C(=O)c4ccco4)CC3)cc2)CC1. The van der Waals surface area contributed by atoms with Crippen LogP contribution in [0.3, 0.4) is 0 Å². The lowest BCUT2D eigenvalue weighted by atomic mass is 10.2. The quantitative estimate of drug-likeness (QED) is 0.552. The fourth-order valence-electron chi connectivity index (χ4n) is 4.38. The number of likely N-dealkylation sites (N-methyl/N-ethyl adjacent to an activating group) is 1. The van der Waals surface area contributed by atoms with E-state index in [4.69, 9.17) is 4.42 Å². The molecule has 2 aliphatic heterocycles. The molecule has 2 aromatic rings. The second-order valence-corrected chi connectivity index (χ2v) is 8.38. The largest absolute Gasteiger partial charge is 0.459 e. The molecule has 2 saturated heterocycles. The van der Waals surface area contributed by atoms with Crippen molar-refractivity contribution in [2.24, 2.45) is 0 Å². The van der Waals surface area contributed by atoms with Crippen molar-refractivity contribution in [3.05, 3.63) is 48.4 Å². The third kappa shape index (κ3) is 5.45.